The van der Waals surface area contributed by atoms with Gasteiger partial charge in [0.2, 0.25) is 0 Å². The number of methoxy groups -OCH3 is 1. The van der Waals surface area contributed by atoms with E-state index < -0.39 is 11.9 Å². The third-order valence-electron chi connectivity index (χ3n) is 2.63. The lowest BCUT2D eigenvalue weighted by molar-refractivity contribution is 0.0441. The Morgan fingerprint density at radius 2 is 2.06 bits per heavy atom. The Labute approximate surface area is 96.0 Å². The maximum atomic E-state index is 11.4. The van der Waals surface area contributed by atoms with E-state index in [4.69, 9.17) is 4.74 Å². The smallest absolute Gasteiger partial charge is 0.365 e. The number of nitrogens with zero attached hydrogens (tertiary/aromatic N) is 1. The van der Waals surface area contributed by atoms with Crippen LogP contribution in [0.4, 0.5) is 0 Å². The molecule has 0 spiro atoms. The van der Waals surface area contributed by atoms with Crippen LogP contribution in [-0.2, 0) is 4.74 Å². The highest BCUT2D eigenvalue weighted by Crippen LogP contribution is 2.28. The first kappa shape index (κ1) is 9.77. The summed E-state index contributed by atoms with van der Waals surface area (Å²) in [5.74, 6) is -0.808. The number of carbonyl (C=O) groups is 2. The van der Waals surface area contributed by atoms with E-state index in [9.17, 15) is 9.59 Å². The fourth-order valence-electron chi connectivity index (χ4n) is 1.83. The third kappa shape index (κ3) is 1.29. The van der Waals surface area contributed by atoms with Crippen LogP contribution in [0.15, 0.2) is 24.3 Å². The van der Waals surface area contributed by atoms with E-state index in [2.05, 4.69) is 9.72 Å². The van der Waals surface area contributed by atoms with E-state index in [0.29, 0.717) is 11.3 Å². The molecule has 1 aromatic heterocycles. The van der Waals surface area contributed by atoms with Crippen LogP contribution < -0.4 is 4.74 Å². The van der Waals surface area contributed by atoms with Crippen molar-refractivity contribution in [2.45, 2.75) is 0 Å². The first-order valence-corrected chi connectivity index (χ1v) is 4.95. The standard InChI is InChI=1S/C12H7NO4/c1-16-8-4-2-3-6-5-7-10(13-9(6)8)12(15)17-11(7)14/h2-5H,1H3. The molecule has 0 atom stereocenters. The van der Waals surface area contributed by atoms with Crippen molar-refractivity contribution in [3.8, 4) is 5.75 Å². The molecule has 5 heteroatoms. The average molecular weight is 229 g/mol. The quantitative estimate of drug-likeness (QED) is 0.548. The van der Waals surface area contributed by atoms with Crippen molar-refractivity contribution in [1.29, 1.82) is 0 Å². The maximum Gasteiger partial charge on any atom is 0.365 e. The zero-order valence-electron chi connectivity index (χ0n) is 8.89. The van der Waals surface area contributed by atoms with Crippen molar-refractivity contribution in [3.63, 3.8) is 0 Å². The van der Waals surface area contributed by atoms with Crippen molar-refractivity contribution in [1.82, 2.24) is 4.98 Å². The second kappa shape index (κ2) is 3.28. The molecule has 2 aromatic rings. The Hall–Kier alpha value is -2.43. The molecule has 1 aliphatic rings. The maximum absolute atomic E-state index is 11.4. The van der Waals surface area contributed by atoms with E-state index >= 15 is 0 Å². The number of esters is 2. The molecule has 0 fully saturated rings. The lowest BCUT2D eigenvalue weighted by Crippen LogP contribution is -1.99. The number of cyclic esters (lactones) is 2. The van der Waals surface area contributed by atoms with Crippen LogP contribution in [0.25, 0.3) is 10.9 Å². The Bertz CT molecular complexity index is 663. The molecule has 0 unspecified atom stereocenters. The van der Waals surface area contributed by atoms with Crippen molar-refractivity contribution < 1.29 is 19.1 Å². The Morgan fingerprint density at radius 1 is 1.24 bits per heavy atom. The fraction of sp³-hybridized carbons (Fsp3) is 0.0833. The zero-order valence-corrected chi connectivity index (χ0v) is 8.89. The summed E-state index contributed by atoms with van der Waals surface area (Å²) in [6.45, 7) is 0. The number of carbonyl (C=O) groups excluding carboxylic acids is 2. The molecule has 5 nitrogen and oxygen atoms in total. The van der Waals surface area contributed by atoms with E-state index in [1.54, 1.807) is 24.3 Å². The molecule has 0 amide bonds. The number of pyridine rings is 1. The number of rotatable bonds is 1. The fourth-order valence-corrected chi connectivity index (χ4v) is 1.83. The van der Waals surface area contributed by atoms with Crippen LogP contribution >= 0.6 is 0 Å². The first-order valence-electron chi connectivity index (χ1n) is 4.95. The van der Waals surface area contributed by atoms with Gasteiger partial charge in [0.15, 0.2) is 5.69 Å². The summed E-state index contributed by atoms with van der Waals surface area (Å²) in [6.07, 6.45) is 0. The van der Waals surface area contributed by atoms with Crippen LogP contribution in [0.1, 0.15) is 20.8 Å². The molecule has 0 aliphatic carbocycles. The SMILES string of the molecule is COc1cccc2cc3c(nc12)C(=O)OC3=O. The molecular formula is C12H7NO4. The topological polar surface area (TPSA) is 65.5 Å². The van der Waals surface area contributed by atoms with Gasteiger partial charge in [0, 0.05) is 5.39 Å². The van der Waals surface area contributed by atoms with Gasteiger partial charge in [0.1, 0.15) is 11.3 Å². The Morgan fingerprint density at radius 3 is 2.82 bits per heavy atom. The van der Waals surface area contributed by atoms with Gasteiger partial charge in [-0.15, -0.1) is 0 Å². The monoisotopic (exact) mass is 229 g/mol. The van der Waals surface area contributed by atoms with Crippen molar-refractivity contribution in [2.75, 3.05) is 7.11 Å². The summed E-state index contributed by atoms with van der Waals surface area (Å²) in [5.41, 5.74) is 0.795. The van der Waals surface area contributed by atoms with Crippen LogP contribution in [0, 0.1) is 0 Å². The van der Waals surface area contributed by atoms with Gasteiger partial charge in [-0.25, -0.2) is 14.6 Å². The highest BCUT2D eigenvalue weighted by atomic mass is 16.6. The molecule has 0 saturated heterocycles. The molecule has 3 rings (SSSR count). The Kier molecular flexibility index (Phi) is 1.89. The van der Waals surface area contributed by atoms with Crippen molar-refractivity contribution >= 4 is 22.8 Å². The van der Waals surface area contributed by atoms with Gasteiger partial charge in [0.25, 0.3) is 0 Å². The zero-order chi connectivity index (χ0) is 12.0. The number of hydrogen-bond donors (Lipinski definition) is 0. The van der Waals surface area contributed by atoms with Crippen LogP contribution in [-0.4, -0.2) is 24.0 Å². The van der Waals surface area contributed by atoms with Gasteiger partial charge in [-0.05, 0) is 12.1 Å². The normalized spacial score (nSPS) is 13.7. The number of para-hydroxylation sites is 1. The molecule has 0 N–H and O–H groups in total. The third-order valence-corrected chi connectivity index (χ3v) is 2.63. The predicted molar refractivity (Wildman–Crippen MR) is 58.0 cm³/mol. The highest BCUT2D eigenvalue weighted by Gasteiger charge is 2.32. The first-order chi connectivity index (χ1) is 8.20. The van der Waals surface area contributed by atoms with E-state index in [1.165, 1.54) is 7.11 Å². The van der Waals surface area contributed by atoms with E-state index in [-0.39, 0.29) is 11.3 Å². The largest absolute Gasteiger partial charge is 0.494 e. The second-order valence-corrected chi connectivity index (χ2v) is 3.59. The van der Waals surface area contributed by atoms with Gasteiger partial charge >= 0.3 is 11.9 Å². The lowest BCUT2D eigenvalue weighted by Gasteiger charge is -2.04. The van der Waals surface area contributed by atoms with Gasteiger partial charge in [0.05, 0.1) is 12.7 Å². The van der Waals surface area contributed by atoms with Gasteiger partial charge in [-0.2, -0.15) is 0 Å². The Balaban J connectivity index is 2.39. The van der Waals surface area contributed by atoms with E-state index in [0.717, 1.165) is 5.39 Å². The summed E-state index contributed by atoms with van der Waals surface area (Å²) < 4.78 is 9.64. The molecule has 17 heavy (non-hydrogen) atoms. The molecule has 1 aromatic carbocycles. The van der Waals surface area contributed by atoms with Crippen LogP contribution in [0.3, 0.4) is 0 Å². The number of hydrogen-bond acceptors (Lipinski definition) is 5. The molecule has 0 saturated carbocycles. The summed E-state index contributed by atoms with van der Waals surface area (Å²) in [5, 5.41) is 0.731. The van der Waals surface area contributed by atoms with Gasteiger partial charge < -0.3 is 9.47 Å². The van der Waals surface area contributed by atoms with Crippen molar-refractivity contribution in [2.24, 2.45) is 0 Å². The van der Waals surface area contributed by atoms with Crippen LogP contribution in [0.5, 0.6) is 5.75 Å². The minimum absolute atomic E-state index is 0.0481. The highest BCUT2D eigenvalue weighted by molar-refractivity contribution is 6.15. The number of aromatic nitrogens is 1. The van der Waals surface area contributed by atoms with E-state index in [1.807, 2.05) is 0 Å². The molecule has 0 radical (unpaired) electrons. The van der Waals surface area contributed by atoms with Gasteiger partial charge in [-0.3, -0.25) is 0 Å². The minimum Gasteiger partial charge on any atom is -0.494 e. The predicted octanol–water partition coefficient (Wildman–Crippen LogP) is 1.55. The summed E-state index contributed by atoms with van der Waals surface area (Å²) in [4.78, 5) is 26.9. The second-order valence-electron chi connectivity index (χ2n) is 3.59. The summed E-state index contributed by atoms with van der Waals surface area (Å²) in [7, 11) is 1.52. The summed E-state index contributed by atoms with van der Waals surface area (Å²) >= 11 is 0. The number of ether oxygens (including phenoxy) is 2. The molecule has 0 bridgehead atoms. The molecule has 1 aliphatic heterocycles. The molecule has 2 heterocycles. The minimum atomic E-state index is -0.710. The van der Waals surface area contributed by atoms with Crippen molar-refractivity contribution in [3.05, 3.63) is 35.5 Å². The van der Waals surface area contributed by atoms with Crippen LogP contribution in [0.2, 0.25) is 0 Å². The number of benzene rings is 1. The summed E-state index contributed by atoms with van der Waals surface area (Å²) in [6, 6.07) is 6.91. The molecule has 84 valence electrons. The molecular weight excluding hydrogens is 222 g/mol. The van der Waals surface area contributed by atoms with Gasteiger partial charge in [-0.1, -0.05) is 12.1 Å². The lowest BCUT2D eigenvalue weighted by atomic mass is 10.1. The number of fused-ring (bicyclic) bond motifs is 2. The average Bonchev–Trinajstić information content (AvgIpc) is 2.62.